The summed E-state index contributed by atoms with van der Waals surface area (Å²) in [6.07, 6.45) is 2.85. The first-order valence-corrected chi connectivity index (χ1v) is 7.60. The van der Waals surface area contributed by atoms with E-state index in [1.807, 2.05) is 0 Å². The number of nitrogens with one attached hydrogen (secondary N) is 1. The fraction of sp³-hybridized carbons (Fsp3) is 0.733. The Hall–Kier alpha value is -0.840. The van der Waals surface area contributed by atoms with Crippen LogP contribution in [0.3, 0.4) is 0 Å². The van der Waals surface area contributed by atoms with E-state index in [9.17, 15) is 0 Å². The Morgan fingerprint density at radius 1 is 1.16 bits per heavy atom. The second-order valence-corrected chi connectivity index (χ2v) is 5.69. The molecule has 1 aromatic heterocycles. The SMILES string of the molecule is CCNCc1ccc(CN2CCN(C3CC3)CC2)o1. The molecule has 19 heavy (non-hydrogen) atoms. The first kappa shape index (κ1) is 13.2. The van der Waals surface area contributed by atoms with Crippen molar-refractivity contribution >= 4 is 0 Å². The molecule has 106 valence electrons. The lowest BCUT2D eigenvalue weighted by atomic mass is 10.3. The summed E-state index contributed by atoms with van der Waals surface area (Å²) in [7, 11) is 0. The van der Waals surface area contributed by atoms with Crippen molar-refractivity contribution in [2.45, 2.75) is 38.9 Å². The summed E-state index contributed by atoms with van der Waals surface area (Å²) in [6.45, 7) is 9.73. The fourth-order valence-corrected chi connectivity index (χ4v) is 2.80. The topological polar surface area (TPSA) is 31.6 Å². The summed E-state index contributed by atoms with van der Waals surface area (Å²) < 4.78 is 5.86. The summed E-state index contributed by atoms with van der Waals surface area (Å²) >= 11 is 0. The van der Waals surface area contributed by atoms with Crippen LogP contribution < -0.4 is 5.32 Å². The maximum atomic E-state index is 5.86. The smallest absolute Gasteiger partial charge is 0.118 e. The van der Waals surface area contributed by atoms with Gasteiger partial charge in [0.15, 0.2) is 0 Å². The van der Waals surface area contributed by atoms with Crippen LogP contribution in [0.5, 0.6) is 0 Å². The van der Waals surface area contributed by atoms with Gasteiger partial charge in [-0.1, -0.05) is 6.92 Å². The van der Waals surface area contributed by atoms with Crippen LogP contribution in [0, 0.1) is 0 Å². The number of piperazine rings is 1. The van der Waals surface area contributed by atoms with Crippen LogP contribution >= 0.6 is 0 Å². The molecule has 2 aliphatic rings. The number of furan rings is 1. The van der Waals surface area contributed by atoms with Gasteiger partial charge in [-0.2, -0.15) is 0 Å². The lowest BCUT2D eigenvalue weighted by molar-refractivity contribution is 0.115. The first-order valence-electron chi connectivity index (χ1n) is 7.60. The third-order valence-electron chi connectivity index (χ3n) is 4.12. The van der Waals surface area contributed by atoms with Gasteiger partial charge >= 0.3 is 0 Å². The normalized spacial score (nSPS) is 21.9. The zero-order chi connectivity index (χ0) is 13.1. The van der Waals surface area contributed by atoms with Crippen molar-refractivity contribution in [3.05, 3.63) is 23.7 Å². The average molecular weight is 263 g/mol. The van der Waals surface area contributed by atoms with Crippen molar-refractivity contribution in [3.63, 3.8) is 0 Å². The summed E-state index contributed by atoms with van der Waals surface area (Å²) in [6, 6.07) is 5.13. The van der Waals surface area contributed by atoms with E-state index in [1.165, 1.54) is 39.0 Å². The molecule has 4 nitrogen and oxygen atoms in total. The molecule has 0 spiro atoms. The molecule has 2 fully saturated rings. The second kappa shape index (κ2) is 6.07. The second-order valence-electron chi connectivity index (χ2n) is 5.69. The molecule has 1 aliphatic carbocycles. The van der Waals surface area contributed by atoms with Crippen molar-refractivity contribution in [2.24, 2.45) is 0 Å². The monoisotopic (exact) mass is 263 g/mol. The van der Waals surface area contributed by atoms with Crippen molar-refractivity contribution in [1.82, 2.24) is 15.1 Å². The number of hydrogen-bond acceptors (Lipinski definition) is 4. The highest BCUT2D eigenvalue weighted by Crippen LogP contribution is 2.27. The average Bonchev–Trinajstić information content (AvgIpc) is 3.19. The molecule has 1 aliphatic heterocycles. The molecule has 1 aromatic rings. The highest BCUT2D eigenvalue weighted by Gasteiger charge is 2.31. The molecule has 0 amide bonds. The molecule has 0 bridgehead atoms. The van der Waals surface area contributed by atoms with Crippen molar-refractivity contribution < 1.29 is 4.42 Å². The fourth-order valence-electron chi connectivity index (χ4n) is 2.80. The highest BCUT2D eigenvalue weighted by atomic mass is 16.3. The van der Waals surface area contributed by atoms with Crippen LogP contribution in [-0.2, 0) is 13.1 Å². The van der Waals surface area contributed by atoms with E-state index in [0.29, 0.717) is 0 Å². The molecule has 2 heterocycles. The zero-order valence-corrected chi connectivity index (χ0v) is 11.9. The summed E-state index contributed by atoms with van der Waals surface area (Å²) in [5.74, 6) is 2.15. The maximum absolute atomic E-state index is 5.86. The van der Waals surface area contributed by atoms with E-state index in [-0.39, 0.29) is 0 Å². The van der Waals surface area contributed by atoms with Gasteiger partial charge in [-0.05, 0) is 31.5 Å². The van der Waals surface area contributed by atoms with Crippen LogP contribution in [0.4, 0.5) is 0 Å². The van der Waals surface area contributed by atoms with E-state index < -0.39 is 0 Å². The van der Waals surface area contributed by atoms with Crippen molar-refractivity contribution in [1.29, 1.82) is 0 Å². The first-order chi connectivity index (χ1) is 9.35. The molecule has 1 N–H and O–H groups in total. The Morgan fingerprint density at radius 2 is 1.89 bits per heavy atom. The van der Waals surface area contributed by atoms with Crippen LogP contribution in [0.2, 0.25) is 0 Å². The van der Waals surface area contributed by atoms with Gasteiger partial charge in [-0.15, -0.1) is 0 Å². The predicted octanol–water partition coefficient (Wildman–Crippen LogP) is 1.67. The highest BCUT2D eigenvalue weighted by molar-refractivity contribution is 5.07. The van der Waals surface area contributed by atoms with E-state index in [2.05, 4.69) is 34.2 Å². The molecule has 0 atom stereocenters. The quantitative estimate of drug-likeness (QED) is 0.846. The van der Waals surface area contributed by atoms with Crippen molar-refractivity contribution in [3.8, 4) is 0 Å². The Labute approximate surface area is 115 Å². The molecule has 1 saturated heterocycles. The molecule has 0 radical (unpaired) electrons. The van der Waals surface area contributed by atoms with Crippen LogP contribution in [0.15, 0.2) is 16.5 Å². The van der Waals surface area contributed by atoms with Gasteiger partial charge < -0.3 is 9.73 Å². The van der Waals surface area contributed by atoms with Gasteiger partial charge in [-0.25, -0.2) is 0 Å². The number of hydrogen-bond donors (Lipinski definition) is 1. The summed E-state index contributed by atoms with van der Waals surface area (Å²) in [5.41, 5.74) is 0. The Balaban J connectivity index is 1.44. The lowest BCUT2D eigenvalue weighted by Gasteiger charge is -2.34. The summed E-state index contributed by atoms with van der Waals surface area (Å²) in [4.78, 5) is 5.16. The van der Waals surface area contributed by atoms with Gasteiger partial charge in [-0.3, -0.25) is 9.80 Å². The Bertz CT molecular complexity index is 392. The van der Waals surface area contributed by atoms with Gasteiger partial charge in [0.05, 0.1) is 13.1 Å². The minimum absolute atomic E-state index is 0.839. The summed E-state index contributed by atoms with van der Waals surface area (Å²) in [5, 5.41) is 3.29. The minimum Gasteiger partial charge on any atom is -0.463 e. The van der Waals surface area contributed by atoms with E-state index in [0.717, 1.165) is 37.2 Å². The Morgan fingerprint density at radius 3 is 2.58 bits per heavy atom. The van der Waals surface area contributed by atoms with Gasteiger partial charge in [0.25, 0.3) is 0 Å². The molecular formula is C15H25N3O. The van der Waals surface area contributed by atoms with E-state index in [1.54, 1.807) is 0 Å². The minimum atomic E-state index is 0.839. The molecule has 0 unspecified atom stereocenters. The maximum Gasteiger partial charge on any atom is 0.118 e. The third-order valence-corrected chi connectivity index (χ3v) is 4.12. The van der Waals surface area contributed by atoms with E-state index >= 15 is 0 Å². The van der Waals surface area contributed by atoms with Gasteiger partial charge in [0.1, 0.15) is 11.5 Å². The van der Waals surface area contributed by atoms with Gasteiger partial charge in [0.2, 0.25) is 0 Å². The molecule has 3 rings (SSSR count). The number of nitrogens with zero attached hydrogens (tertiary/aromatic N) is 2. The molecular weight excluding hydrogens is 238 g/mol. The zero-order valence-electron chi connectivity index (χ0n) is 11.9. The van der Waals surface area contributed by atoms with Crippen LogP contribution in [0.25, 0.3) is 0 Å². The van der Waals surface area contributed by atoms with Crippen molar-refractivity contribution in [2.75, 3.05) is 32.7 Å². The largest absolute Gasteiger partial charge is 0.463 e. The van der Waals surface area contributed by atoms with Crippen LogP contribution in [-0.4, -0.2) is 48.6 Å². The lowest BCUT2D eigenvalue weighted by Crippen LogP contribution is -2.46. The Kier molecular flexibility index (Phi) is 4.21. The molecule has 1 saturated carbocycles. The molecule has 4 heteroatoms. The third kappa shape index (κ3) is 3.59. The number of rotatable bonds is 6. The van der Waals surface area contributed by atoms with Crippen LogP contribution in [0.1, 0.15) is 31.3 Å². The standard InChI is InChI=1S/C15H25N3O/c1-2-16-11-14-5-6-15(19-14)12-17-7-9-18(10-8-17)13-3-4-13/h5-6,13,16H,2-4,7-12H2,1H3. The van der Waals surface area contributed by atoms with E-state index in [4.69, 9.17) is 4.42 Å². The van der Waals surface area contributed by atoms with Gasteiger partial charge in [0, 0.05) is 32.2 Å². The predicted molar refractivity (Wildman–Crippen MR) is 76.0 cm³/mol. The molecule has 0 aromatic carbocycles.